The molecule has 2 atom stereocenters. The summed E-state index contributed by atoms with van der Waals surface area (Å²) in [6.45, 7) is 3.79. The summed E-state index contributed by atoms with van der Waals surface area (Å²) in [6, 6.07) is 19.1. The van der Waals surface area contributed by atoms with Gasteiger partial charge in [0.25, 0.3) is 0 Å². The Balaban J connectivity index is 1.98. The number of hydrogen-bond acceptors (Lipinski definition) is 5. The molecule has 2 aliphatic carbocycles. The van der Waals surface area contributed by atoms with Crippen molar-refractivity contribution in [1.29, 1.82) is 0 Å². The maximum absolute atomic E-state index is 13.5. The first-order chi connectivity index (χ1) is 15.5. The molecule has 0 saturated heterocycles. The fraction of sp³-hybridized carbons (Fsp3) is 0.370. The Hall–Kier alpha value is -3.21. The highest BCUT2D eigenvalue weighted by Crippen LogP contribution is 2.61. The van der Waals surface area contributed by atoms with Crippen LogP contribution >= 0.6 is 0 Å². The molecule has 5 nitrogen and oxygen atoms in total. The summed E-state index contributed by atoms with van der Waals surface area (Å²) in [5.41, 5.74) is 1.70. The predicted octanol–water partition coefficient (Wildman–Crippen LogP) is 4.72. The molecule has 0 aromatic heterocycles. The molecule has 0 unspecified atom stereocenters. The highest BCUT2D eigenvalue weighted by atomic mass is 16.6. The number of allylic oxidation sites excluding steroid dienone is 2. The highest BCUT2D eigenvalue weighted by molar-refractivity contribution is 6.23. The highest BCUT2D eigenvalue weighted by Gasteiger charge is 2.64. The molecule has 0 bridgehead atoms. The Kier molecular flexibility index (Phi) is 6.26. The molecule has 5 heteroatoms. The van der Waals surface area contributed by atoms with Crippen molar-refractivity contribution in [2.45, 2.75) is 39.0 Å². The van der Waals surface area contributed by atoms with Crippen molar-refractivity contribution < 1.29 is 23.9 Å². The van der Waals surface area contributed by atoms with Crippen LogP contribution in [-0.2, 0) is 23.9 Å². The molecular formula is C27H28O5. The summed E-state index contributed by atoms with van der Waals surface area (Å²) in [5.74, 6) is -1.68. The van der Waals surface area contributed by atoms with Crippen LogP contribution in [0.5, 0.6) is 0 Å². The Morgan fingerprint density at radius 1 is 0.906 bits per heavy atom. The number of hydrogen-bond donors (Lipinski definition) is 0. The molecule has 0 amide bonds. The Morgan fingerprint density at radius 2 is 1.47 bits per heavy atom. The molecule has 0 heterocycles. The van der Waals surface area contributed by atoms with Crippen LogP contribution < -0.4 is 0 Å². The zero-order valence-electron chi connectivity index (χ0n) is 18.5. The second kappa shape index (κ2) is 9.11. The van der Waals surface area contributed by atoms with E-state index >= 15 is 0 Å². The molecule has 0 radical (unpaired) electrons. The van der Waals surface area contributed by atoms with Gasteiger partial charge in [-0.15, -0.1) is 0 Å². The average molecular weight is 433 g/mol. The minimum absolute atomic E-state index is 0.0535. The van der Waals surface area contributed by atoms with E-state index in [-0.39, 0.29) is 31.3 Å². The minimum Gasteiger partial charge on any atom is -0.465 e. The minimum atomic E-state index is -1.52. The van der Waals surface area contributed by atoms with Crippen molar-refractivity contribution in [2.24, 2.45) is 11.3 Å². The van der Waals surface area contributed by atoms with Crippen LogP contribution in [0.1, 0.15) is 50.2 Å². The van der Waals surface area contributed by atoms with Gasteiger partial charge in [-0.25, -0.2) is 0 Å². The summed E-state index contributed by atoms with van der Waals surface area (Å²) < 4.78 is 10.9. The molecule has 1 fully saturated rings. The van der Waals surface area contributed by atoms with Gasteiger partial charge in [-0.05, 0) is 43.7 Å². The lowest BCUT2D eigenvalue weighted by Crippen LogP contribution is -2.45. The Bertz CT molecular complexity index is 1020. The van der Waals surface area contributed by atoms with Gasteiger partial charge in [0.15, 0.2) is 11.2 Å². The number of ether oxygens (including phenoxy) is 2. The zero-order chi connectivity index (χ0) is 22.7. The molecule has 2 aromatic rings. The van der Waals surface area contributed by atoms with E-state index in [1.54, 1.807) is 13.8 Å². The van der Waals surface area contributed by atoms with E-state index in [1.807, 2.05) is 60.7 Å². The largest absolute Gasteiger partial charge is 0.465 e. The van der Waals surface area contributed by atoms with Crippen LogP contribution in [0.25, 0.3) is 5.57 Å². The molecule has 166 valence electrons. The number of carbonyl (C=O) groups excluding carboxylic acids is 3. The van der Waals surface area contributed by atoms with Gasteiger partial charge in [-0.2, -0.15) is 0 Å². The van der Waals surface area contributed by atoms with Crippen LogP contribution in [0.4, 0.5) is 0 Å². The Labute approximate surface area is 188 Å². The van der Waals surface area contributed by atoms with Gasteiger partial charge in [-0.1, -0.05) is 66.2 Å². The number of fused-ring (bicyclic) bond motifs is 1. The summed E-state index contributed by atoms with van der Waals surface area (Å²) in [4.78, 5) is 40.1. The summed E-state index contributed by atoms with van der Waals surface area (Å²) in [5, 5.41) is 0. The Morgan fingerprint density at radius 3 is 2.03 bits per heavy atom. The molecular weight excluding hydrogens is 404 g/mol. The van der Waals surface area contributed by atoms with E-state index in [0.717, 1.165) is 16.7 Å². The first-order valence-electron chi connectivity index (χ1n) is 11.3. The van der Waals surface area contributed by atoms with Gasteiger partial charge >= 0.3 is 11.9 Å². The zero-order valence-corrected chi connectivity index (χ0v) is 18.5. The van der Waals surface area contributed by atoms with Crippen molar-refractivity contribution in [3.05, 3.63) is 77.4 Å². The van der Waals surface area contributed by atoms with Gasteiger partial charge in [0.1, 0.15) is 0 Å². The maximum Gasteiger partial charge on any atom is 0.324 e. The first-order valence-corrected chi connectivity index (χ1v) is 11.3. The number of esters is 2. The SMILES string of the molecule is CCOC(=O)C1(C(=O)OCC)CC2=C(c3ccccc3)C(=O)CC[C@@H]2[C@H]1c1ccccc1. The van der Waals surface area contributed by atoms with E-state index in [1.165, 1.54) is 0 Å². The predicted molar refractivity (Wildman–Crippen MR) is 121 cm³/mol. The molecule has 0 N–H and O–H groups in total. The fourth-order valence-corrected chi connectivity index (χ4v) is 5.42. The van der Waals surface area contributed by atoms with E-state index in [2.05, 4.69) is 0 Å². The van der Waals surface area contributed by atoms with Gasteiger partial charge < -0.3 is 9.47 Å². The number of rotatable bonds is 6. The lowest BCUT2D eigenvalue weighted by atomic mass is 9.69. The van der Waals surface area contributed by atoms with Gasteiger partial charge in [-0.3, -0.25) is 14.4 Å². The molecule has 32 heavy (non-hydrogen) atoms. The molecule has 1 saturated carbocycles. The van der Waals surface area contributed by atoms with E-state index in [4.69, 9.17) is 9.47 Å². The van der Waals surface area contributed by atoms with Gasteiger partial charge in [0.05, 0.1) is 13.2 Å². The second-order valence-corrected chi connectivity index (χ2v) is 8.31. The van der Waals surface area contributed by atoms with Gasteiger partial charge in [0, 0.05) is 17.9 Å². The molecule has 2 aliphatic rings. The number of carbonyl (C=O) groups is 3. The van der Waals surface area contributed by atoms with Crippen molar-refractivity contribution >= 4 is 23.3 Å². The smallest absolute Gasteiger partial charge is 0.324 e. The molecule has 0 spiro atoms. The van der Waals surface area contributed by atoms with Crippen molar-refractivity contribution in [1.82, 2.24) is 0 Å². The third kappa shape index (κ3) is 3.56. The van der Waals surface area contributed by atoms with Gasteiger partial charge in [0.2, 0.25) is 0 Å². The van der Waals surface area contributed by atoms with Crippen LogP contribution in [0.3, 0.4) is 0 Å². The summed E-state index contributed by atoms with van der Waals surface area (Å²) in [6.07, 6.45) is 1.10. The maximum atomic E-state index is 13.5. The number of benzene rings is 2. The second-order valence-electron chi connectivity index (χ2n) is 8.31. The quantitative estimate of drug-likeness (QED) is 0.488. The fourth-order valence-electron chi connectivity index (χ4n) is 5.42. The van der Waals surface area contributed by atoms with Crippen molar-refractivity contribution in [3.63, 3.8) is 0 Å². The normalized spacial score (nSPS) is 21.8. The van der Waals surface area contributed by atoms with Crippen LogP contribution in [0.15, 0.2) is 66.2 Å². The molecule has 4 rings (SSSR count). The third-order valence-electron chi connectivity index (χ3n) is 6.63. The summed E-state index contributed by atoms with van der Waals surface area (Å²) in [7, 11) is 0. The summed E-state index contributed by atoms with van der Waals surface area (Å²) >= 11 is 0. The van der Waals surface area contributed by atoms with Crippen LogP contribution in [0, 0.1) is 11.3 Å². The topological polar surface area (TPSA) is 69.7 Å². The van der Waals surface area contributed by atoms with Crippen molar-refractivity contribution in [2.75, 3.05) is 13.2 Å². The third-order valence-corrected chi connectivity index (χ3v) is 6.63. The van der Waals surface area contributed by atoms with Crippen LogP contribution in [0.2, 0.25) is 0 Å². The van der Waals surface area contributed by atoms with E-state index in [9.17, 15) is 14.4 Å². The van der Waals surface area contributed by atoms with Crippen LogP contribution in [-0.4, -0.2) is 30.9 Å². The average Bonchev–Trinajstić information content (AvgIpc) is 3.17. The molecule has 0 aliphatic heterocycles. The van der Waals surface area contributed by atoms with E-state index in [0.29, 0.717) is 18.4 Å². The van der Waals surface area contributed by atoms with E-state index < -0.39 is 23.3 Å². The number of Topliss-reactive ketones (excluding diaryl/α,β-unsaturated/α-hetero) is 1. The standard InChI is InChI=1S/C27H28O5/c1-3-31-25(29)27(26(30)32-4-2)17-21-20(24(27)19-13-9-6-10-14-19)15-16-22(28)23(21)18-11-7-5-8-12-18/h5-14,20,24H,3-4,15-17H2,1-2H3/t20-,24+/m0/s1. The number of ketones is 1. The van der Waals surface area contributed by atoms with Crippen molar-refractivity contribution in [3.8, 4) is 0 Å². The lowest BCUT2D eigenvalue weighted by Gasteiger charge is -2.33. The lowest BCUT2D eigenvalue weighted by molar-refractivity contribution is -0.173. The monoisotopic (exact) mass is 432 g/mol. The first kappa shape index (κ1) is 22.0. The molecule has 2 aromatic carbocycles.